The Morgan fingerprint density at radius 1 is 1.57 bits per heavy atom. The Balaban J connectivity index is 2.85. The van der Waals surface area contributed by atoms with Gasteiger partial charge in [-0.25, -0.2) is 9.78 Å². The summed E-state index contributed by atoms with van der Waals surface area (Å²) in [5.74, 6) is -1.01. The van der Waals surface area contributed by atoms with Gasteiger partial charge in [0.1, 0.15) is 4.60 Å². The molecule has 2 aromatic rings. The minimum absolute atomic E-state index is 0.0237. The van der Waals surface area contributed by atoms with Crippen molar-refractivity contribution in [2.45, 2.75) is 6.92 Å². The van der Waals surface area contributed by atoms with E-state index in [0.29, 0.717) is 4.60 Å². The van der Waals surface area contributed by atoms with Crippen LogP contribution in [0.1, 0.15) is 16.2 Å². The van der Waals surface area contributed by atoms with E-state index in [1.165, 1.54) is 0 Å². The van der Waals surface area contributed by atoms with Gasteiger partial charge in [-0.2, -0.15) is 0 Å². The number of hydrogen-bond donors (Lipinski definition) is 1. The van der Waals surface area contributed by atoms with Crippen LogP contribution in [0.3, 0.4) is 0 Å². The summed E-state index contributed by atoms with van der Waals surface area (Å²) in [5.41, 5.74) is 1.75. The Kier molecular flexibility index (Phi) is 2.03. The van der Waals surface area contributed by atoms with Gasteiger partial charge in [-0.15, -0.1) is 0 Å². The molecule has 4 nitrogen and oxygen atoms in total. The number of pyridine rings is 1. The van der Waals surface area contributed by atoms with Crippen LogP contribution >= 0.6 is 15.9 Å². The molecular weight excluding hydrogens is 248 g/mol. The van der Waals surface area contributed by atoms with E-state index in [0.717, 1.165) is 11.1 Å². The fourth-order valence-corrected chi connectivity index (χ4v) is 1.80. The Morgan fingerprint density at radius 3 is 2.93 bits per heavy atom. The number of hydrogen-bond acceptors (Lipinski definition) is 2. The molecule has 0 aliphatic rings. The van der Waals surface area contributed by atoms with Gasteiger partial charge in [0.25, 0.3) is 0 Å². The molecule has 2 aromatic heterocycles. The summed E-state index contributed by atoms with van der Waals surface area (Å²) in [5, 5.41) is 8.88. The zero-order chi connectivity index (χ0) is 10.3. The first-order valence-electron chi connectivity index (χ1n) is 3.97. The fraction of sp³-hybridized carbons (Fsp3) is 0.111. The molecule has 2 rings (SSSR count). The van der Waals surface area contributed by atoms with Crippen LogP contribution < -0.4 is 0 Å². The third-order valence-electron chi connectivity index (χ3n) is 1.93. The van der Waals surface area contributed by atoms with Crippen molar-refractivity contribution in [1.82, 2.24) is 9.38 Å². The zero-order valence-corrected chi connectivity index (χ0v) is 8.95. The number of carboxylic acids is 1. The van der Waals surface area contributed by atoms with E-state index in [1.54, 1.807) is 10.6 Å². The maximum Gasteiger partial charge on any atom is 0.372 e. The molecule has 0 aliphatic heterocycles. The summed E-state index contributed by atoms with van der Waals surface area (Å²) < 4.78 is 2.11. The van der Waals surface area contributed by atoms with Gasteiger partial charge in [-0.1, -0.05) is 6.07 Å². The Hall–Kier alpha value is -1.36. The second kappa shape index (κ2) is 3.09. The highest BCUT2D eigenvalue weighted by atomic mass is 79.9. The van der Waals surface area contributed by atoms with Crippen LogP contribution in [0.25, 0.3) is 5.52 Å². The number of carboxylic acid groups (broad SMARTS) is 1. The monoisotopic (exact) mass is 254 g/mol. The third-order valence-corrected chi connectivity index (χ3v) is 2.51. The molecule has 0 aliphatic carbocycles. The van der Waals surface area contributed by atoms with Crippen molar-refractivity contribution in [3.05, 3.63) is 34.3 Å². The van der Waals surface area contributed by atoms with E-state index in [9.17, 15) is 4.79 Å². The van der Waals surface area contributed by atoms with Crippen molar-refractivity contribution in [2.24, 2.45) is 0 Å². The number of aryl methyl sites for hydroxylation is 1. The van der Waals surface area contributed by atoms with Crippen LogP contribution in [-0.2, 0) is 0 Å². The molecule has 0 aromatic carbocycles. The largest absolute Gasteiger partial charge is 0.475 e. The molecule has 0 saturated carbocycles. The van der Waals surface area contributed by atoms with Crippen molar-refractivity contribution >= 4 is 27.4 Å². The molecule has 5 heteroatoms. The smallest absolute Gasteiger partial charge is 0.372 e. The van der Waals surface area contributed by atoms with Crippen LogP contribution in [0, 0.1) is 6.92 Å². The summed E-state index contributed by atoms with van der Waals surface area (Å²) in [7, 11) is 0. The zero-order valence-electron chi connectivity index (χ0n) is 7.36. The van der Waals surface area contributed by atoms with Crippen LogP contribution in [0.5, 0.6) is 0 Å². The summed E-state index contributed by atoms with van der Waals surface area (Å²) in [6, 6.07) is 3.74. The molecule has 1 N–H and O–H groups in total. The number of halogens is 1. The lowest BCUT2D eigenvalue weighted by Gasteiger charge is -1.97. The number of rotatable bonds is 1. The average molecular weight is 255 g/mol. The number of fused-ring (bicyclic) bond motifs is 1. The molecule has 14 heavy (non-hydrogen) atoms. The Morgan fingerprint density at radius 2 is 2.29 bits per heavy atom. The van der Waals surface area contributed by atoms with E-state index in [2.05, 4.69) is 20.9 Å². The standard InChI is InChI=1S/C9H7BrN2O2/c1-5-2-3-6-7(10)11-8(9(13)14)12(6)4-5/h2-4H,1H3,(H,13,14). The van der Waals surface area contributed by atoms with Crippen molar-refractivity contribution < 1.29 is 9.90 Å². The summed E-state index contributed by atoms with van der Waals surface area (Å²) >= 11 is 3.22. The molecular formula is C9H7BrN2O2. The SMILES string of the molecule is Cc1ccc2c(Br)nc(C(=O)O)n2c1. The van der Waals surface area contributed by atoms with E-state index in [4.69, 9.17) is 5.11 Å². The van der Waals surface area contributed by atoms with E-state index in [-0.39, 0.29) is 5.82 Å². The summed E-state index contributed by atoms with van der Waals surface area (Å²) in [4.78, 5) is 14.7. The lowest BCUT2D eigenvalue weighted by molar-refractivity contribution is 0.0682. The highest BCUT2D eigenvalue weighted by Crippen LogP contribution is 2.19. The highest BCUT2D eigenvalue weighted by Gasteiger charge is 2.14. The van der Waals surface area contributed by atoms with Gasteiger partial charge in [0.15, 0.2) is 0 Å². The van der Waals surface area contributed by atoms with Gasteiger partial charge in [-0.3, -0.25) is 4.40 Å². The van der Waals surface area contributed by atoms with E-state index >= 15 is 0 Å². The molecule has 0 radical (unpaired) electrons. The molecule has 72 valence electrons. The number of nitrogens with zero attached hydrogens (tertiary/aromatic N) is 2. The van der Waals surface area contributed by atoms with Gasteiger partial charge in [0, 0.05) is 6.20 Å². The Labute approximate surface area is 88.3 Å². The van der Waals surface area contributed by atoms with Crippen LogP contribution in [0.4, 0.5) is 0 Å². The third kappa shape index (κ3) is 1.29. The van der Waals surface area contributed by atoms with Crippen molar-refractivity contribution in [3.8, 4) is 0 Å². The lowest BCUT2D eigenvalue weighted by atomic mass is 10.3. The molecule has 0 amide bonds. The second-order valence-electron chi connectivity index (χ2n) is 2.99. The quantitative estimate of drug-likeness (QED) is 0.848. The minimum atomic E-state index is -1.03. The predicted octanol–water partition coefficient (Wildman–Crippen LogP) is 2.10. The number of imidazole rings is 1. The van der Waals surface area contributed by atoms with Crippen molar-refractivity contribution in [3.63, 3.8) is 0 Å². The first-order chi connectivity index (χ1) is 6.59. The van der Waals surface area contributed by atoms with Gasteiger partial charge in [0.05, 0.1) is 5.52 Å². The molecule has 0 unspecified atom stereocenters. The van der Waals surface area contributed by atoms with Crippen LogP contribution in [0.2, 0.25) is 0 Å². The number of aromatic nitrogens is 2. The minimum Gasteiger partial charge on any atom is -0.475 e. The lowest BCUT2D eigenvalue weighted by Crippen LogP contribution is -2.03. The molecule has 0 saturated heterocycles. The van der Waals surface area contributed by atoms with Crippen molar-refractivity contribution in [1.29, 1.82) is 0 Å². The second-order valence-corrected chi connectivity index (χ2v) is 3.74. The van der Waals surface area contributed by atoms with Gasteiger partial charge >= 0.3 is 5.97 Å². The Bertz CT molecular complexity index is 519. The van der Waals surface area contributed by atoms with E-state index < -0.39 is 5.97 Å². The van der Waals surface area contributed by atoms with Crippen LogP contribution in [0.15, 0.2) is 22.9 Å². The predicted molar refractivity (Wildman–Crippen MR) is 54.6 cm³/mol. The topological polar surface area (TPSA) is 54.6 Å². The van der Waals surface area contributed by atoms with Gasteiger partial charge in [-0.05, 0) is 34.5 Å². The first kappa shape index (κ1) is 9.21. The van der Waals surface area contributed by atoms with E-state index in [1.807, 2.05) is 19.1 Å². The summed E-state index contributed by atoms with van der Waals surface area (Å²) in [6.07, 6.45) is 1.75. The average Bonchev–Trinajstić information content (AvgIpc) is 2.43. The molecule has 0 bridgehead atoms. The fourth-order valence-electron chi connectivity index (χ4n) is 1.31. The molecule has 2 heterocycles. The summed E-state index contributed by atoms with van der Waals surface area (Å²) in [6.45, 7) is 1.90. The van der Waals surface area contributed by atoms with Gasteiger partial charge in [0.2, 0.25) is 5.82 Å². The molecule has 0 spiro atoms. The highest BCUT2D eigenvalue weighted by molar-refractivity contribution is 9.10. The first-order valence-corrected chi connectivity index (χ1v) is 4.76. The number of carbonyl (C=O) groups is 1. The number of aromatic carboxylic acids is 1. The molecule has 0 fully saturated rings. The van der Waals surface area contributed by atoms with Crippen LogP contribution in [-0.4, -0.2) is 20.5 Å². The molecule has 0 atom stereocenters. The van der Waals surface area contributed by atoms with Crippen molar-refractivity contribution in [2.75, 3.05) is 0 Å². The maximum absolute atomic E-state index is 10.8. The maximum atomic E-state index is 10.8. The van der Waals surface area contributed by atoms with Gasteiger partial charge < -0.3 is 5.11 Å². The normalized spacial score (nSPS) is 10.7.